The molecule has 2 aromatic rings. The predicted molar refractivity (Wildman–Crippen MR) is 67.1 cm³/mol. The lowest BCUT2D eigenvalue weighted by molar-refractivity contribution is 0.0943. The van der Waals surface area contributed by atoms with Crippen LogP contribution in [0.3, 0.4) is 0 Å². The fourth-order valence-corrected chi connectivity index (χ4v) is 1.75. The molecule has 0 aliphatic heterocycles. The number of rotatable bonds is 5. The van der Waals surface area contributed by atoms with Crippen LogP contribution in [0.15, 0.2) is 24.5 Å². The van der Waals surface area contributed by atoms with Gasteiger partial charge < -0.3 is 5.32 Å². The summed E-state index contributed by atoms with van der Waals surface area (Å²) < 4.78 is 3.49. The summed E-state index contributed by atoms with van der Waals surface area (Å²) in [5.41, 5.74) is 1.71. The number of carbonyl (C=O) groups excluding carboxylic acids is 1. The fraction of sp³-hybridized carbons (Fsp3) is 0.417. The van der Waals surface area contributed by atoms with Crippen molar-refractivity contribution >= 4 is 5.91 Å². The molecule has 2 heterocycles. The van der Waals surface area contributed by atoms with Gasteiger partial charge in [-0.15, -0.1) is 0 Å². The Balaban J connectivity index is 1.75. The Morgan fingerprint density at radius 3 is 2.72 bits per heavy atom. The van der Waals surface area contributed by atoms with Crippen molar-refractivity contribution in [3.63, 3.8) is 0 Å². The van der Waals surface area contributed by atoms with Gasteiger partial charge in [-0.2, -0.15) is 10.2 Å². The third-order valence-electron chi connectivity index (χ3n) is 2.81. The van der Waals surface area contributed by atoms with Gasteiger partial charge in [-0.3, -0.25) is 14.2 Å². The third kappa shape index (κ3) is 2.77. The second kappa shape index (κ2) is 5.48. The van der Waals surface area contributed by atoms with E-state index in [9.17, 15) is 4.79 Å². The molecule has 0 fully saturated rings. The summed E-state index contributed by atoms with van der Waals surface area (Å²) >= 11 is 0. The monoisotopic (exact) mass is 247 g/mol. The van der Waals surface area contributed by atoms with Crippen LogP contribution in [0.2, 0.25) is 0 Å². The number of amides is 1. The molecule has 0 bridgehead atoms. The minimum Gasteiger partial charge on any atom is -0.351 e. The number of carbonyl (C=O) groups is 1. The van der Waals surface area contributed by atoms with Gasteiger partial charge in [0.15, 0.2) is 0 Å². The first-order valence-corrected chi connectivity index (χ1v) is 5.93. The molecule has 2 aromatic heterocycles. The van der Waals surface area contributed by atoms with E-state index < -0.39 is 0 Å². The van der Waals surface area contributed by atoms with E-state index in [2.05, 4.69) is 15.5 Å². The topological polar surface area (TPSA) is 64.7 Å². The van der Waals surface area contributed by atoms with Gasteiger partial charge in [-0.25, -0.2) is 0 Å². The summed E-state index contributed by atoms with van der Waals surface area (Å²) in [7, 11) is 1.75. The normalized spacial score (nSPS) is 10.6. The van der Waals surface area contributed by atoms with Crippen LogP contribution in [0.1, 0.15) is 22.6 Å². The fourth-order valence-electron chi connectivity index (χ4n) is 1.75. The summed E-state index contributed by atoms with van der Waals surface area (Å²) in [6.45, 7) is 3.45. The van der Waals surface area contributed by atoms with Gasteiger partial charge in [0.1, 0.15) is 5.69 Å². The quantitative estimate of drug-likeness (QED) is 0.793. The molecule has 0 aromatic carbocycles. The van der Waals surface area contributed by atoms with E-state index in [-0.39, 0.29) is 5.91 Å². The van der Waals surface area contributed by atoms with Gasteiger partial charge in [-0.05, 0) is 25.5 Å². The minimum atomic E-state index is -0.0906. The number of hydrogen-bond donors (Lipinski definition) is 1. The van der Waals surface area contributed by atoms with Gasteiger partial charge in [0.05, 0.1) is 0 Å². The lowest BCUT2D eigenvalue weighted by atomic mass is 10.3. The Hall–Kier alpha value is -2.11. The Morgan fingerprint density at radius 2 is 2.11 bits per heavy atom. The summed E-state index contributed by atoms with van der Waals surface area (Å²) in [6, 6.07) is 3.67. The maximum atomic E-state index is 11.8. The summed E-state index contributed by atoms with van der Waals surface area (Å²) in [4.78, 5) is 11.8. The first kappa shape index (κ1) is 12.3. The SMILES string of the molecule is Cc1ccnn1CCCNC(=O)c1ccnn1C. The second-order valence-electron chi connectivity index (χ2n) is 4.15. The van der Waals surface area contributed by atoms with E-state index in [1.165, 1.54) is 0 Å². The molecule has 0 spiro atoms. The van der Waals surface area contributed by atoms with Crippen molar-refractivity contribution in [3.8, 4) is 0 Å². The molecular formula is C12H17N5O. The lowest BCUT2D eigenvalue weighted by Crippen LogP contribution is -2.27. The van der Waals surface area contributed by atoms with E-state index in [1.54, 1.807) is 30.2 Å². The van der Waals surface area contributed by atoms with E-state index >= 15 is 0 Å². The zero-order valence-corrected chi connectivity index (χ0v) is 10.6. The molecule has 0 unspecified atom stereocenters. The highest BCUT2D eigenvalue weighted by Gasteiger charge is 2.08. The molecule has 6 nitrogen and oxygen atoms in total. The first-order chi connectivity index (χ1) is 8.68. The van der Waals surface area contributed by atoms with Gasteiger partial charge >= 0.3 is 0 Å². The Morgan fingerprint density at radius 1 is 1.33 bits per heavy atom. The number of hydrogen-bond acceptors (Lipinski definition) is 3. The zero-order chi connectivity index (χ0) is 13.0. The van der Waals surface area contributed by atoms with Gasteiger partial charge in [0.25, 0.3) is 5.91 Å². The van der Waals surface area contributed by atoms with Gasteiger partial charge in [-0.1, -0.05) is 0 Å². The first-order valence-electron chi connectivity index (χ1n) is 5.93. The van der Waals surface area contributed by atoms with E-state index in [0.29, 0.717) is 12.2 Å². The second-order valence-corrected chi connectivity index (χ2v) is 4.15. The molecule has 6 heteroatoms. The van der Waals surface area contributed by atoms with Crippen molar-refractivity contribution in [1.29, 1.82) is 0 Å². The molecule has 2 rings (SSSR count). The van der Waals surface area contributed by atoms with Crippen molar-refractivity contribution in [2.75, 3.05) is 6.54 Å². The molecule has 1 amide bonds. The smallest absolute Gasteiger partial charge is 0.269 e. The van der Waals surface area contributed by atoms with Crippen LogP contribution < -0.4 is 5.32 Å². The molecule has 0 saturated heterocycles. The van der Waals surface area contributed by atoms with Gasteiger partial charge in [0, 0.05) is 38.2 Å². The summed E-state index contributed by atoms with van der Waals surface area (Å²) in [6.07, 6.45) is 4.25. The highest BCUT2D eigenvalue weighted by atomic mass is 16.2. The van der Waals surface area contributed by atoms with Crippen LogP contribution in [-0.2, 0) is 13.6 Å². The van der Waals surface area contributed by atoms with Crippen molar-refractivity contribution in [2.45, 2.75) is 19.9 Å². The van der Waals surface area contributed by atoms with Crippen LogP contribution in [0, 0.1) is 6.92 Å². The molecule has 1 N–H and O–H groups in total. The van der Waals surface area contributed by atoms with Crippen molar-refractivity contribution < 1.29 is 4.79 Å². The van der Waals surface area contributed by atoms with E-state index in [1.807, 2.05) is 17.7 Å². The summed E-state index contributed by atoms with van der Waals surface area (Å²) in [5.74, 6) is -0.0906. The predicted octanol–water partition coefficient (Wildman–Crippen LogP) is 0.745. The zero-order valence-electron chi connectivity index (χ0n) is 10.6. The van der Waals surface area contributed by atoms with Crippen molar-refractivity contribution in [2.24, 2.45) is 7.05 Å². The molecule has 0 atom stereocenters. The molecule has 0 saturated carbocycles. The molecule has 18 heavy (non-hydrogen) atoms. The molecule has 96 valence electrons. The van der Waals surface area contributed by atoms with Crippen LogP contribution in [0.5, 0.6) is 0 Å². The Bertz CT molecular complexity index is 528. The van der Waals surface area contributed by atoms with E-state index in [0.717, 1.165) is 18.7 Å². The number of nitrogens with zero attached hydrogens (tertiary/aromatic N) is 4. The number of aryl methyl sites for hydroxylation is 3. The lowest BCUT2D eigenvalue weighted by Gasteiger charge is -2.06. The molecule has 0 aliphatic rings. The number of nitrogens with one attached hydrogen (secondary N) is 1. The average Bonchev–Trinajstić information content (AvgIpc) is 2.94. The minimum absolute atomic E-state index is 0.0906. The van der Waals surface area contributed by atoms with Crippen LogP contribution >= 0.6 is 0 Å². The highest BCUT2D eigenvalue weighted by Crippen LogP contribution is 1.98. The average molecular weight is 247 g/mol. The highest BCUT2D eigenvalue weighted by molar-refractivity contribution is 5.92. The molecular weight excluding hydrogens is 230 g/mol. The van der Waals surface area contributed by atoms with E-state index in [4.69, 9.17) is 0 Å². The Kier molecular flexibility index (Phi) is 3.76. The van der Waals surface area contributed by atoms with Crippen molar-refractivity contribution in [1.82, 2.24) is 24.9 Å². The molecule has 0 aliphatic carbocycles. The van der Waals surface area contributed by atoms with Crippen molar-refractivity contribution in [3.05, 3.63) is 35.9 Å². The largest absolute Gasteiger partial charge is 0.351 e. The van der Waals surface area contributed by atoms with Crippen LogP contribution in [0.25, 0.3) is 0 Å². The maximum Gasteiger partial charge on any atom is 0.269 e. The van der Waals surface area contributed by atoms with Crippen LogP contribution in [-0.4, -0.2) is 32.0 Å². The number of aromatic nitrogens is 4. The Labute approximate surface area is 106 Å². The molecule has 0 radical (unpaired) electrons. The van der Waals surface area contributed by atoms with Crippen LogP contribution in [0.4, 0.5) is 0 Å². The maximum absolute atomic E-state index is 11.8. The van der Waals surface area contributed by atoms with Gasteiger partial charge in [0.2, 0.25) is 0 Å². The standard InChI is InChI=1S/C12H17N5O/c1-10-4-7-15-17(10)9-3-6-13-12(18)11-5-8-14-16(11)2/h4-5,7-8H,3,6,9H2,1-2H3,(H,13,18). The third-order valence-corrected chi connectivity index (χ3v) is 2.81. The summed E-state index contributed by atoms with van der Waals surface area (Å²) in [5, 5.41) is 11.0.